The smallest absolute Gasteiger partial charge is 0.476 e. The van der Waals surface area contributed by atoms with Crippen molar-refractivity contribution in [1.29, 1.82) is 0 Å². The van der Waals surface area contributed by atoms with Crippen molar-refractivity contribution >= 4 is 23.0 Å². The van der Waals surface area contributed by atoms with E-state index in [2.05, 4.69) is 9.84 Å². The second-order valence-corrected chi connectivity index (χ2v) is 3.57. The van der Waals surface area contributed by atoms with Gasteiger partial charge in [0.2, 0.25) is 0 Å². The van der Waals surface area contributed by atoms with Gasteiger partial charge in [0.25, 0.3) is 0 Å². The van der Waals surface area contributed by atoms with Gasteiger partial charge in [0.05, 0.1) is 5.52 Å². The molecule has 2 N–H and O–H groups in total. The van der Waals surface area contributed by atoms with Crippen molar-refractivity contribution in [1.82, 2.24) is 9.78 Å². The summed E-state index contributed by atoms with van der Waals surface area (Å²) >= 11 is 0. The molecule has 0 saturated carbocycles. The van der Waals surface area contributed by atoms with Crippen LogP contribution in [0.25, 0.3) is 10.9 Å². The van der Waals surface area contributed by atoms with Crippen molar-refractivity contribution in [3.63, 3.8) is 0 Å². The Bertz CT molecular complexity index is 707. The Labute approximate surface area is 107 Å². The molecule has 0 unspecified atom stereocenters. The molecule has 2 aromatic rings. The highest BCUT2D eigenvalue weighted by Crippen LogP contribution is 2.28. The van der Waals surface area contributed by atoms with Gasteiger partial charge in [-0.25, -0.2) is 9.59 Å². The van der Waals surface area contributed by atoms with Gasteiger partial charge < -0.3 is 14.9 Å². The molecule has 1 aromatic carbocycles. The minimum Gasteiger partial charge on any atom is -0.476 e. The Morgan fingerprint density at radius 3 is 2.40 bits per heavy atom. The Balaban J connectivity index is 2.64. The zero-order chi connectivity index (χ0) is 15.1. The number of carboxylic acids is 1. The minimum atomic E-state index is -4.94. The third-order valence-corrected chi connectivity index (χ3v) is 2.27. The van der Waals surface area contributed by atoms with E-state index in [1.54, 1.807) is 0 Å². The van der Waals surface area contributed by atoms with Crippen LogP contribution < -0.4 is 4.74 Å². The maximum atomic E-state index is 12.1. The van der Waals surface area contributed by atoms with Crippen molar-refractivity contribution in [2.45, 2.75) is 6.36 Å². The highest BCUT2D eigenvalue weighted by atomic mass is 19.4. The number of halogens is 3. The molecule has 7 nitrogen and oxygen atoms in total. The lowest BCUT2D eigenvalue weighted by atomic mass is 10.2. The summed E-state index contributed by atoms with van der Waals surface area (Å²) in [4.78, 5) is 21.8. The van der Waals surface area contributed by atoms with Gasteiger partial charge in [-0.15, -0.1) is 13.2 Å². The molecule has 1 aromatic heterocycles. The monoisotopic (exact) mass is 290 g/mol. The normalized spacial score (nSPS) is 11.6. The van der Waals surface area contributed by atoms with Gasteiger partial charge in [-0.1, -0.05) is 0 Å². The Morgan fingerprint density at radius 1 is 1.25 bits per heavy atom. The molecule has 0 saturated heterocycles. The molecule has 20 heavy (non-hydrogen) atoms. The van der Waals surface area contributed by atoms with Crippen molar-refractivity contribution in [2.75, 3.05) is 0 Å². The first-order chi connectivity index (χ1) is 9.19. The van der Waals surface area contributed by atoms with Crippen molar-refractivity contribution in [2.24, 2.45) is 0 Å². The number of rotatable bonds is 2. The van der Waals surface area contributed by atoms with Crippen LogP contribution in [0, 0.1) is 0 Å². The Kier molecular flexibility index (Phi) is 3.00. The van der Waals surface area contributed by atoms with Gasteiger partial charge in [-0.2, -0.15) is 9.78 Å². The van der Waals surface area contributed by atoms with E-state index in [4.69, 9.17) is 10.2 Å². The number of aromatic carboxylic acids is 1. The third kappa shape index (κ3) is 2.48. The first-order valence-corrected chi connectivity index (χ1v) is 4.94. The maximum absolute atomic E-state index is 12.1. The fourth-order valence-electron chi connectivity index (χ4n) is 1.60. The molecular weight excluding hydrogens is 285 g/mol. The van der Waals surface area contributed by atoms with E-state index >= 15 is 0 Å². The Hall–Kier alpha value is -2.78. The zero-order valence-electron chi connectivity index (χ0n) is 9.38. The number of nitrogens with zero attached hydrogens (tertiary/aromatic N) is 2. The lowest BCUT2D eigenvalue weighted by Crippen LogP contribution is -2.17. The number of ether oxygens (including phenoxy) is 1. The van der Waals surface area contributed by atoms with E-state index in [1.165, 1.54) is 0 Å². The molecule has 2 rings (SSSR count). The van der Waals surface area contributed by atoms with Crippen molar-refractivity contribution in [3.8, 4) is 5.75 Å². The van der Waals surface area contributed by atoms with Gasteiger partial charge in [0, 0.05) is 5.39 Å². The van der Waals surface area contributed by atoms with Gasteiger partial charge in [0.15, 0.2) is 5.69 Å². The molecule has 0 radical (unpaired) electrons. The predicted molar refractivity (Wildman–Crippen MR) is 56.8 cm³/mol. The average molecular weight is 290 g/mol. The zero-order valence-corrected chi connectivity index (χ0v) is 9.38. The minimum absolute atomic E-state index is 0.163. The second kappa shape index (κ2) is 4.40. The summed E-state index contributed by atoms with van der Waals surface area (Å²) in [6.07, 6.45) is -6.51. The van der Waals surface area contributed by atoms with E-state index in [0.717, 1.165) is 18.2 Å². The van der Waals surface area contributed by atoms with Crippen LogP contribution in [0.4, 0.5) is 18.0 Å². The van der Waals surface area contributed by atoms with Crippen LogP contribution in [-0.2, 0) is 0 Å². The van der Waals surface area contributed by atoms with Crippen LogP contribution >= 0.6 is 0 Å². The summed E-state index contributed by atoms with van der Waals surface area (Å²) in [5, 5.41) is 20.7. The first-order valence-electron chi connectivity index (χ1n) is 4.94. The topological polar surface area (TPSA) is 102 Å². The summed E-state index contributed by atoms with van der Waals surface area (Å²) in [5.41, 5.74) is -0.848. The first kappa shape index (κ1) is 13.6. The van der Waals surface area contributed by atoms with Crippen molar-refractivity contribution in [3.05, 3.63) is 23.9 Å². The number of carboxylic acid groups (broad SMARTS) is 2. The average Bonchev–Trinajstić information content (AvgIpc) is 2.65. The second-order valence-electron chi connectivity index (χ2n) is 3.57. The summed E-state index contributed by atoms with van der Waals surface area (Å²) in [7, 11) is 0. The molecule has 0 atom stereocenters. The molecule has 0 aliphatic heterocycles. The lowest BCUT2D eigenvalue weighted by Gasteiger charge is -2.08. The lowest BCUT2D eigenvalue weighted by molar-refractivity contribution is -0.274. The van der Waals surface area contributed by atoms with Gasteiger partial charge >= 0.3 is 18.4 Å². The van der Waals surface area contributed by atoms with E-state index in [0.29, 0.717) is 4.68 Å². The standard InChI is InChI=1S/C10H5F3N2O5/c11-10(12,13)20-4-1-2-6-5(3-4)7(8(16)17)14-15(6)9(18)19/h1-3H,(H,16,17)(H,18,19). The van der Waals surface area contributed by atoms with Crippen LogP contribution in [-0.4, -0.2) is 38.4 Å². The molecule has 0 amide bonds. The number of hydrogen-bond donors (Lipinski definition) is 2. The molecule has 0 fully saturated rings. The molecule has 106 valence electrons. The highest BCUT2D eigenvalue weighted by molar-refractivity contribution is 6.03. The number of aromatic nitrogens is 2. The highest BCUT2D eigenvalue weighted by Gasteiger charge is 2.31. The molecule has 1 heterocycles. The number of fused-ring (bicyclic) bond motifs is 1. The third-order valence-electron chi connectivity index (χ3n) is 2.27. The molecule has 0 bridgehead atoms. The fraction of sp³-hybridized carbons (Fsp3) is 0.100. The van der Waals surface area contributed by atoms with Crippen LogP contribution in [0.5, 0.6) is 5.75 Å². The number of benzene rings is 1. The molecule has 10 heteroatoms. The molecular formula is C10H5F3N2O5. The summed E-state index contributed by atoms with van der Waals surface area (Å²) < 4.78 is 40.2. The quantitative estimate of drug-likeness (QED) is 0.878. The Morgan fingerprint density at radius 2 is 1.90 bits per heavy atom. The van der Waals surface area contributed by atoms with Gasteiger partial charge in [0.1, 0.15) is 5.75 Å². The number of alkyl halides is 3. The molecule has 0 spiro atoms. The van der Waals surface area contributed by atoms with Crippen LogP contribution in [0.2, 0.25) is 0 Å². The number of hydrogen-bond acceptors (Lipinski definition) is 4. The van der Waals surface area contributed by atoms with Crippen LogP contribution in [0.3, 0.4) is 0 Å². The van der Waals surface area contributed by atoms with E-state index in [1.807, 2.05) is 0 Å². The summed E-state index contributed by atoms with van der Waals surface area (Å²) in [5.74, 6) is -2.24. The molecule has 0 aliphatic carbocycles. The van der Waals surface area contributed by atoms with Crippen LogP contribution in [0.15, 0.2) is 18.2 Å². The van der Waals surface area contributed by atoms with Crippen LogP contribution in [0.1, 0.15) is 10.5 Å². The van der Waals surface area contributed by atoms with Gasteiger partial charge in [-0.3, -0.25) is 0 Å². The number of carbonyl (C=O) groups is 2. The van der Waals surface area contributed by atoms with E-state index in [-0.39, 0.29) is 10.9 Å². The SMILES string of the molecule is O=C(O)c1nn(C(=O)O)c2ccc(OC(F)(F)F)cc12. The fourth-order valence-corrected chi connectivity index (χ4v) is 1.60. The summed E-state index contributed by atoms with van der Waals surface area (Å²) in [6, 6.07) is 2.60. The largest absolute Gasteiger partial charge is 0.573 e. The van der Waals surface area contributed by atoms with Gasteiger partial charge in [-0.05, 0) is 18.2 Å². The maximum Gasteiger partial charge on any atom is 0.573 e. The molecule has 0 aliphatic rings. The van der Waals surface area contributed by atoms with E-state index in [9.17, 15) is 22.8 Å². The van der Waals surface area contributed by atoms with Crippen molar-refractivity contribution < 1.29 is 37.7 Å². The summed E-state index contributed by atoms with van der Waals surface area (Å²) in [6.45, 7) is 0. The van der Waals surface area contributed by atoms with E-state index < -0.39 is 29.9 Å². The predicted octanol–water partition coefficient (Wildman–Crippen LogP) is 2.16.